The van der Waals surface area contributed by atoms with Gasteiger partial charge in [-0.1, -0.05) is 18.2 Å². The fraction of sp³-hybridized carbons (Fsp3) is 0.158. The van der Waals surface area contributed by atoms with Gasteiger partial charge in [0.25, 0.3) is 0 Å². The van der Waals surface area contributed by atoms with Gasteiger partial charge < -0.3 is 14.5 Å². The number of nitrogens with zero attached hydrogens (tertiary/aromatic N) is 1. The molecule has 0 aliphatic heterocycles. The minimum absolute atomic E-state index is 0.184. The number of aromatic nitrogens is 1. The molecule has 2 N–H and O–H groups in total. The van der Waals surface area contributed by atoms with Crippen LogP contribution in [0.1, 0.15) is 11.1 Å². The number of fused-ring (bicyclic) bond motifs is 1. The van der Waals surface area contributed by atoms with Gasteiger partial charge in [0.15, 0.2) is 0 Å². The smallest absolute Gasteiger partial charge is 0.244 e. The molecule has 25 heavy (non-hydrogen) atoms. The Bertz CT molecular complexity index is 893. The number of para-hydroxylation sites is 1. The van der Waals surface area contributed by atoms with Crippen LogP contribution >= 0.6 is 0 Å². The van der Waals surface area contributed by atoms with Crippen molar-refractivity contribution < 1.29 is 14.3 Å². The number of carbonyl (C=O) groups excluding carboxylic acids is 1. The Morgan fingerprint density at radius 2 is 1.88 bits per heavy atom. The second-order valence-electron chi connectivity index (χ2n) is 5.48. The van der Waals surface area contributed by atoms with Crippen molar-refractivity contribution in [1.82, 2.24) is 10.4 Å². The van der Waals surface area contributed by atoms with Crippen LogP contribution in [0.2, 0.25) is 0 Å². The predicted molar refractivity (Wildman–Crippen MR) is 97.3 cm³/mol. The molecule has 3 aromatic rings. The Hall–Kier alpha value is -3.28. The molecule has 6 heteroatoms. The maximum absolute atomic E-state index is 12.1. The van der Waals surface area contributed by atoms with Gasteiger partial charge in [0.1, 0.15) is 11.5 Å². The lowest BCUT2D eigenvalue weighted by Gasteiger charge is -2.05. The molecular formula is C19H19N3O3. The van der Waals surface area contributed by atoms with E-state index in [0.717, 1.165) is 22.0 Å². The Morgan fingerprint density at radius 3 is 2.60 bits per heavy atom. The van der Waals surface area contributed by atoms with E-state index in [9.17, 15) is 4.79 Å². The summed E-state index contributed by atoms with van der Waals surface area (Å²) in [5, 5.41) is 5.05. The van der Waals surface area contributed by atoms with Crippen LogP contribution in [0.25, 0.3) is 10.9 Å². The first-order valence-corrected chi connectivity index (χ1v) is 7.79. The minimum atomic E-state index is -0.184. The van der Waals surface area contributed by atoms with E-state index in [-0.39, 0.29) is 12.3 Å². The Kier molecular flexibility index (Phi) is 4.99. The molecule has 0 spiro atoms. The predicted octanol–water partition coefficient (Wildman–Crippen LogP) is 2.88. The van der Waals surface area contributed by atoms with Gasteiger partial charge in [-0.3, -0.25) is 4.79 Å². The highest BCUT2D eigenvalue weighted by atomic mass is 16.5. The van der Waals surface area contributed by atoms with Crippen LogP contribution in [0.4, 0.5) is 0 Å². The molecule has 6 nitrogen and oxygen atoms in total. The van der Waals surface area contributed by atoms with E-state index in [1.54, 1.807) is 38.6 Å². The van der Waals surface area contributed by atoms with Crippen molar-refractivity contribution >= 4 is 23.0 Å². The number of ether oxygens (including phenoxy) is 2. The van der Waals surface area contributed by atoms with E-state index in [2.05, 4.69) is 15.5 Å². The van der Waals surface area contributed by atoms with Crippen molar-refractivity contribution in [2.24, 2.45) is 5.10 Å². The zero-order chi connectivity index (χ0) is 17.6. The number of nitrogens with one attached hydrogen (secondary N) is 2. The van der Waals surface area contributed by atoms with Crippen LogP contribution in [0.5, 0.6) is 11.5 Å². The summed E-state index contributed by atoms with van der Waals surface area (Å²) in [6.45, 7) is 0. The second-order valence-corrected chi connectivity index (χ2v) is 5.48. The van der Waals surface area contributed by atoms with E-state index < -0.39 is 0 Å². The standard InChI is InChI=1S/C19H19N3O3/c1-24-15-7-13(8-16(10-15)25-2)11-21-22-19(23)9-14-12-20-18-6-4-3-5-17(14)18/h3-8,10-12,20H,9H2,1-2H3,(H,22,23)/b21-11-. The number of hydrazone groups is 1. The first kappa shape index (κ1) is 16.6. The molecule has 3 rings (SSSR count). The van der Waals surface area contributed by atoms with Gasteiger partial charge in [-0.15, -0.1) is 0 Å². The summed E-state index contributed by atoms with van der Waals surface area (Å²) in [5.74, 6) is 1.13. The zero-order valence-corrected chi connectivity index (χ0v) is 14.1. The normalized spacial score (nSPS) is 11.0. The van der Waals surface area contributed by atoms with Gasteiger partial charge in [-0.25, -0.2) is 5.43 Å². The van der Waals surface area contributed by atoms with Gasteiger partial charge in [0.2, 0.25) is 5.91 Å². The topological polar surface area (TPSA) is 75.7 Å². The molecule has 0 saturated heterocycles. The second kappa shape index (κ2) is 7.53. The summed E-state index contributed by atoms with van der Waals surface area (Å²) >= 11 is 0. The lowest BCUT2D eigenvalue weighted by atomic mass is 10.1. The molecule has 1 amide bonds. The summed E-state index contributed by atoms with van der Waals surface area (Å²) in [6.07, 6.45) is 3.65. The summed E-state index contributed by atoms with van der Waals surface area (Å²) in [7, 11) is 3.16. The molecule has 0 unspecified atom stereocenters. The number of rotatable bonds is 6. The van der Waals surface area contributed by atoms with Crippen LogP contribution in [0.3, 0.4) is 0 Å². The van der Waals surface area contributed by atoms with E-state index >= 15 is 0 Å². The molecule has 0 radical (unpaired) electrons. The van der Waals surface area contributed by atoms with E-state index in [0.29, 0.717) is 11.5 Å². The highest BCUT2D eigenvalue weighted by Gasteiger charge is 2.07. The number of methoxy groups -OCH3 is 2. The van der Waals surface area contributed by atoms with Gasteiger partial charge in [0, 0.05) is 28.7 Å². The van der Waals surface area contributed by atoms with Gasteiger partial charge >= 0.3 is 0 Å². The number of H-pyrrole nitrogens is 1. The Labute approximate surface area is 145 Å². The summed E-state index contributed by atoms with van der Waals surface area (Å²) in [6, 6.07) is 13.2. The van der Waals surface area contributed by atoms with Crippen molar-refractivity contribution in [2.75, 3.05) is 14.2 Å². The maximum Gasteiger partial charge on any atom is 0.244 e. The molecular weight excluding hydrogens is 318 g/mol. The molecule has 0 bridgehead atoms. The fourth-order valence-electron chi connectivity index (χ4n) is 2.57. The summed E-state index contributed by atoms with van der Waals surface area (Å²) in [4.78, 5) is 15.3. The molecule has 128 valence electrons. The fourth-order valence-corrected chi connectivity index (χ4v) is 2.57. The monoisotopic (exact) mass is 337 g/mol. The largest absolute Gasteiger partial charge is 0.497 e. The van der Waals surface area contributed by atoms with Gasteiger partial charge in [-0.2, -0.15) is 5.10 Å². The molecule has 0 saturated carbocycles. The molecule has 0 atom stereocenters. The van der Waals surface area contributed by atoms with Crippen molar-refractivity contribution in [2.45, 2.75) is 6.42 Å². The van der Waals surface area contributed by atoms with E-state index in [1.807, 2.05) is 30.5 Å². The molecule has 1 aromatic heterocycles. The third-order valence-electron chi connectivity index (χ3n) is 3.80. The van der Waals surface area contributed by atoms with Crippen LogP contribution in [-0.2, 0) is 11.2 Å². The van der Waals surface area contributed by atoms with Crippen LogP contribution in [0.15, 0.2) is 53.8 Å². The van der Waals surface area contributed by atoms with Gasteiger partial charge in [0.05, 0.1) is 26.9 Å². The molecule has 0 fully saturated rings. The highest BCUT2D eigenvalue weighted by molar-refractivity contribution is 5.89. The van der Waals surface area contributed by atoms with Crippen molar-refractivity contribution in [3.05, 3.63) is 59.8 Å². The Balaban J connectivity index is 1.65. The minimum Gasteiger partial charge on any atom is -0.497 e. The number of amides is 1. The molecule has 0 aliphatic carbocycles. The average Bonchev–Trinajstić information content (AvgIpc) is 3.04. The van der Waals surface area contributed by atoms with Crippen molar-refractivity contribution in [3.8, 4) is 11.5 Å². The highest BCUT2D eigenvalue weighted by Crippen LogP contribution is 2.21. The van der Waals surface area contributed by atoms with Crippen LogP contribution < -0.4 is 14.9 Å². The van der Waals surface area contributed by atoms with Crippen molar-refractivity contribution in [3.63, 3.8) is 0 Å². The number of carbonyl (C=O) groups is 1. The number of benzene rings is 2. The van der Waals surface area contributed by atoms with Crippen molar-refractivity contribution in [1.29, 1.82) is 0 Å². The van der Waals surface area contributed by atoms with E-state index in [4.69, 9.17) is 9.47 Å². The number of hydrogen-bond acceptors (Lipinski definition) is 4. The summed E-state index contributed by atoms with van der Waals surface area (Å²) in [5.41, 5.74) is 5.26. The summed E-state index contributed by atoms with van der Waals surface area (Å²) < 4.78 is 10.4. The lowest BCUT2D eigenvalue weighted by Crippen LogP contribution is -2.19. The molecule has 2 aromatic carbocycles. The van der Waals surface area contributed by atoms with Crippen LogP contribution in [-0.4, -0.2) is 31.3 Å². The maximum atomic E-state index is 12.1. The Morgan fingerprint density at radius 1 is 1.16 bits per heavy atom. The zero-order valence-electron chi connectivity index (χ0n) is 14.1. The molecule has 1 heterocycles. The first-order valence-electron chi connectivity index (χ1n) is 7.79. The third-order valence-corrected chi connectivity index (χ3v) is 3.80. The SMILES string of the molecule is COc1cc(/C=N\NC(=O)Cc2c[nH]c3ccccc23)cc(OC)c1. The quantitative estimate of drug-likeness (QED) is 0.536. The van der Waals surface area contributed by atoms with Crippen LogP contribution in [0, 0.1) is 0 Å². The van der Waals surface area contributed by atoms with Gasteiger partial charge in [-0.05, 0) is 23.8 Å². The number of aromatic amines is 1. The average molecular weight is 337 g/mol. The number of hydrogen-bond donors (Lipinski definition) is 2. The third kappa shape index (κ3) is 3.98. The van der Waals surface area contributed by atoms with E-state index in [1.165, 1.54) is 0 Å². The first-order chi connectivity index (χ1) is 12.2. The lowest BCUT2D eigenvalue weighted by molar-refractivity contribution is -0.120. The molecule has 0 aliphatic rings.